The first kappa shape index (κ1) is 15.4. The van der Waals surface area contributed by atoms with Crippen LogP contribution in [0.25, 0.3) is 0 Å². The molecule has 0 aliphatic carbocycles. The maximum Gasteiger partial charge on any atom is 0.175 e. The van der Waals surface area contributed by atoms with E-state index in [1.54, 1.807) is 0 Å². The second kappa shape index (κ2) is 5.76. The van der Waals surface area contributed by atoms with Crippen molar-refractivity contribution in [1.82, 2.24) is 10.2 Å². The van der Waals surface area contributed by atoms with E-state index in [0.29, 0.717) is 30.6 Å². The van der Waals surface area contributed by atoms with Crippen LogP contribution < -0.4 is 9.80 Å². The van der Waals surface area contributed by atoms with Crippen molar-refractivity contribution in [2.24, 2.45) is 0 Å². The molecule has 4 rings (SSSR count). The number of nitrogens with zero attached hydrogens (tertiary/aromatic N) is 4. The highest BCUT2D eigenvalue weighted by molar-refractivity contribution is 6.32. The van der Waals surface area contributed by atoms with Gasteiger partial charge in [-0.2, -0.15) is 0 Å². The Labute approximate surface area is 141 Å². The first-order valence-electron chi connectivity index (χ1n) is 8.32. The molecule has 2 unspecified atom stereocenters. The molecule has 6 nitrogen and oxygen atoms in total. The van der Waals surface area contributed by atoms with Crippen molar-refractivity contribution in [3.05, 3.63) is 11.2 Å². The van der Waals surface area contributed by atoms with Crippen molar-refractivity contribution >= 4 is 23.1 Å². The van der Waals surface area contributed by atoms with E-state index in [9.17, 15) is 0 Å². The number of rotatable bonds is 2. The molecular weight excluding hydrogens is 316 g/mol. The summed E-state index contributed by atoms with van der Waals surface area (Å²) in [5, 5.41) is 9.01. The van der Waals surface area contributed by atoms with E-state index in [1.165, 1.54) is 0 Å². The van der Waals surface area contributed by atoms with Crippen LogP contribution in [0.5, 0.6) is 0 Å². The van der Waals surface area contributed by atoms with E-state index in [-0.39, 0.29) is 5.54 Å². The Morgan fingerprint density at radius 1 is 1.22 bits per heavy atom. The molecule has 0 spiro atoms. The summed E-state index contributed by atoms with van der Waals surface area (Å²) in [5.74, 6) is 0.895. The number of anilines is 2. The SMILES string of the molecule is CC1(C)COCCN1c1cc(N2CC3CCC(C2)O3)nnc1Cl. The number of hydrogen-bond donors (Lipinski definition) is 0. The number of fused-ring (bicyclic) bond motifs is 2. The minimum Gasteiger partial charge on any atom is -0.377 e. The van der Waals surface area contributed by atoms with E-state index in [1.807, 2.05) is 0 Å². The van der Waals surface area contributed by atoms with Gasteiger partial charge < -0.3 is 19.3 Å². The first-order valence-corrected chi connectivity index (χ1v) is 8.70. The number of ether oxygens (including phenoxy) is 2. The first-order chi connectivity index (χ1) is 11.0. The van der Waals surface area contributed by atoms with Crippen LogP contribution in [0.15, 0.2) is 6.07 Å². The van der Waals surface area contributed by atoms with Crippen LogP contribution in [0.1, 0.15) is 26.7 Å². The van der Waals surface area contributed by atoms with Gasteiger partial charge in [-0.3, -0.25) is 0 Å². The highest BCUT2D eigenvalue weighted by Crippen LogP contribution is 2.35. The van der Waals surface area contributed by atoms with Gasteiger partial charge >= 0.3 is 0 Å². The summed E-state index contributed by atoms with van der Waals surface area (Å²) < 4.78 is 11.5. The summed E-state index contributed by atoms with van der Waals surface area (Å²) in [7, 11) is 0. The molecule has 2 atom stereocenters. The zero-order valence-corrected chi connectivity index (χ0v) is 14.4. The molecule has 1 aromatic rings. The van der Waals surface area contributed by atoms with Crippen LogP contribution in [-0.2, 0) is 9.47 Å². The van der Waals surface area contributed by atoms with Crippen molar-refractivity contribution < 1.29 is 9.47 Å². The third-order valence-electron chi connectivity index (χ3n) is 5.02. The van der Waals surface area contributed by atoms with Gasteiger partial charge in [0.25, 0.3) is 0 Å². The molecule has 3 fully saturated rings. The molecule has 0 N–H and O–H groups in total. The predicted molar refractivity (Wildman–Crippen MR) is 89.4 cm³/mol. The van der Waals surface area contributed by atoms with E-state index in [4.69, 9.17) is 21.1 Å². The average molecular weight is 339 g/mol. The molecular formula is C16H23ClN4O2. The second-order valence-electron chi connectivity index (χ2n) is 7.26. The maximum atomic E-state index is 6.37. The third kappa shape index (κ3) is 2.88. The largest absolute Gasteiger partial charge is 0.377 e. The smallest absolute Gasteiger partial charge is 0.175 e. The van der Waals surface area contributed by atoms with Crippen LogP contribution in [0.4, 0.5) is 11.5 Å². The standard InChI is InChI=1S/C16H23ClN4O2/c1-16(2)10-22-6-5-21(16)13-7-14(18-19-15(13)17)20-8-11-3-4-12(9-20)23-11/h7,11-12H,3-6,8-10H2,1-2H3. The number of aromatic nitrogens is 2. The Morgan fingerprint density at radius 2 is 1.96 bits per heavy atom. The molecule has 4 heterocycles. The summed E-state index contributed by atoms with van der Waals surface area (Å²) in [5.41, 5.74) is 0.843. The Hall–Kier alpha value is -1.11. The van der Waals surface area contributed by atoms with Gasteiger partial charge in [0.15, 0.2) is 11.0 Å². The van der Waals surface area contributed by atoms with Gasteiger partial charge in [-0.15, -0.1) is 10.2 Å². The summed E-state index contributed by atoms with van der Waals surface area (Å²) in [6.45, 7) is 8.31. The van der Waals surface area contributed by atoms with Crippen LogP contribution in [0.3, 0.4) is 0 Å². The number of morpholine rings is 2. The second-order valence-corrected chi connectivity index (χ2v) is 7.62. The lowest BCUT2D eigenvalue weighted by Crippen LogP contribution is -2.53. The highest BCUT2D eigenvalue weighted by atomic mass is 35.5. The van der Waals surface area contributed by atoms with Gasteiger partial charge in [0, 0.05) is 25.7 Å². The highest BCUT2D eigenvalue weighted by Gasteiger charge is 2.36. The lowest BCUT2D eigenvalue weighted by molar-refractivity contribution is 0.0301. The maximum absolute atomic E-state index is 6.37. The fourth-order valence-corrected chi connectivity index (χ4v) is 4.00. The topological polar surface area (TPSA) is 50.7 Å². The van der Waals surface area contributed by atoms with Crippen molar-refractivity contribution in [2.75, 3.05) is 42.6 Å². The Bertz CT molecular complexity index is 585. The Kier molecular flexibility index (Phi) is 3.86. The van der Waals surface area contributed by atoms with Crippen molar-refractivity contribution in [2.45, 2.75) is 44.4 Å². The van der Waals surface area contributed by atoms with Gasteiger partial charge in [0.2, 0.25) is 0 Å². The quantitative estimate of drug-likeness (QED) is 0.823. The van der Waals surface area contributed by atoms with E-state index >= 15 is 0 Å². The molecule has 0 aromatic carbocycles. The van der Waals surface area contributed by atoms with Gasteiger partial charge in [-0.25, -0.2) is 0 Å². The van der Waals surface area contributed by atoms with Gasteiger partial charge in [0.05, 0.1) is 36.6 Å². The third-order valence-corrected chi connectivity index (χ3v) is 5.29. The van der Waals surface area contributed by atoms with Gasteiger partial charge in [-0.05, 0) is 26.7 Å². The van der Waals surface area contributed by atoms with Crippen LogP contribution in [0, 0.1) is 0 Å². The predicted octanol–water partition coefficient (Wildman–Crippen LogP) is 2.11. The molecule has 3 saturated heterocycles. The van der Waals surface area contributed by atoms with Crippen LogP contribution in [-0.4, -0.2) is 60.8 Å². The molecule has 0 radical (unpaired) electrons. The van der Waals surface area contributed by atoms with Crippen molar-refractivity contribution in [3.63, 3.8) is 0 Å². The zero-order valence-electron chi connectivity index (χ0n) is 13.7. The monoisotopic (exact) mass is 338 g/mol. The van der Waals surface area contributed by atoms with Crippen LogP contribution in [0.2, 0.25) is 5.15 Å². The lowest BCUT2D eigenvalue weighted by Gasteiger charge is -2.44. The normalized spacial score (nSPS) is 29.9. The molecule has 7 heteroatoms. The Balaban J connectivity index is 1.63. The Morgan fingerprint density at radius 3 is 2.65 bits per heavy atom. The summed E-state index contributed by atoms with van der Waals surface area (Å²) in [4.78, 5) is 4.57. The molecule has 0 saturated carbocycles. The van der Waals surface area contributed by atoms with Crippen molar-refractivity contribution in [3.8, 4) is 0 Å². The zero-order chi connectivity index (χ0) is 16.0. The van der Waals surface area contributed by atoms with E-state index in [0.717, 1.165) is 44.0 Å². The molecule has 3 aliphatic heterocycles. The molecule has 0 amide bonds. The summed E-state index contributed by atoms with van der Waals surface area (Å²) in [6.07, 6.45) is 2.95. The number of hydrogen-bond acceptors (Lipinski definition) is 6. The van der Waals surface area contributed by atoms with Gasteiger partial charge in [0.1, 0.15) is 0 Å². The fourth-order valence-electron chi connectivity index (χ4n) is 3.81. The molecule has 126 valence electrons. The van der Waals surface area contributed by atoms with Gasteiger partial charge in [-0.1, -0.05) is 11.6 Å². The lowest BCUT2D eigenvalue weighted by atomic mass is 10.0. The average Bonchev–Trinajstić information content (AvgIpc) is 2.86. The molecule has 2 bridgehead atoms. The molecule has 3 aliphatic rings. The van der Waals surface area contributed by atoms with Crippen molar-refractivity contribution in [1.29, 1.82) is 0 Å². The van der Waals surface area contributed by atoms with E-state index < -0.39 is 0 Å². The number of halogens is 1. The fraction of sp³-hybridized carbons (Fsp3) is 0.750. The summed E-state index contributed by atoms with van der Waals surface area (Å²) >= 11 is 6.37. The summed E-state index contributed by atoms with van der Waals surface area (Å²) in [6, 6.07) is 2.08. The van der Waals surface area contributed by atoms with Crippen LogP contribution >= 0.6 is 11.6 Å². The minimum atomic E-state index is -0.105. The molecule has 23 heavy (non-hydrogen) atoms. The van der Waals surface area contributed by atoms with E-state index in [2.05, 4.69) is 39.9 Å². The molecule has 1 aromatic heterocycles. The minimum absolute atomic E-state index is 0.105.